The molecule has 0 radical (unpaired) electrons. The third-order valence-corrected chi connectivity index (χ3v) is 4.37. The number of nitrogen functional groups attached to an aromatic ring is 1. The Morgan fingerprint density at radius 3 is 2.58 bits per heavy atom. The fourth-order valence-corrected chi connectivity index (χ4v) is 3.34. The van der Waals surface area contributed by atoms with Gasteiger partial charge in [-0.25, -0.2) is 4.98 Å². The highest BCUT2D eigenvalue weighted by atomic mass is 16.7. The van der Waals surface area contributed by atoms with Crippen LogP contribution in [0.1, 0.15) is 19.8 Å². The number of anilines is 2. The summed E-state index contributed by atoms with van der Waals surface area (Å²) in [6.45, 7) is 4.62. The van der Waals surface area contributed by atoms with E-state index in [-0.39, 0.29) is 5.95 Å². The Bertz CT molecular complexity index is 853. The maximum atomic E-state index is 5.99. The number of nitrogens with two attached hydrogens (primary N) is 1. The summed E-state index contributed by atoms with van der Waals surface area (Å²) >= 11 is 0. The molecule has 0 bridgehead atoms. The Morgan fingerprint density at radius 2 is 1.88 bits per heavy atom. The normalized spacial score (nSPS) is 14.5. The van der Waals surface area contributed by atoms with Crippen LogP contribution in [0.4, 0.5) is 11.6 Å². The maximum absolute atomic E-state index is 5.99. The van der Waals surface area contributed by atoms with Crippen molar-refractivity contribution in [2.45, 2.75) is 19.8 Å². The van der Waals surface area contributed by atoms with E-state index in [1.54, 1.807) is 4.73 Å². The minimum atomic E-state index is 0.258. The van der Waals surface area contributed by atoms with Crippen molar-refractivity contribution < 1.29 is 4.84 Å². The van der Waals surface area contributed by atoms with Gasteiger partial charge >= 0.3 is 0 Å². The molecule has 6 nitrogen and oxygen atoms in total. The summed E-state index contributed by atoms with van der Waals surface area (Å²) in [5.74, 6) is 0.258. The van der Waals surface area contributed by atoms with Crippen LogP contribution in [-0.4, -0.2) is 34.4 Å². The van der Waals surface area contributed by atoms with Crippen molar-refractivity contribution >= 4 is 22.7 Å². The molecule has 4 rings (SSSR count). The van der Waals surface area contributed by atoms with Crippen LogP contribution in [0, 0.1) is 0 Å². The average Bonchev–Trinajstić information content (AvgIpc) is 3.24. The first kappa shape index (κ1) is 14.8. The lowest BCUT2D eigenvalue weighted by Crippen LogP contribution is -2.17. The van der Waals surface area contributed by atoms with Gasteiger partial charge in [0, 0.05) is 18.7 Å². The quantitative estimate of drug-likeness (QED) is 0.799. The highest BCUT2D eigenvalue weighted by Crippen LogP contribution is 2.36. The minimum absolute atomic E-state index is 0.258. The molecule has 6 heteroatoms. The first-order chi connectivity index (χ1) is 11.8. The molecular weight excluding hydrogens is 302 g/mol. The number of hydrogen-bond acceptors (Lipinski definition) is 5. The van der Waals surface area contributed by atoms with Gasteiger partial charge in [-0.2, -0.15) is 9.71 Å². The number of benzene rings is 1. The zero-order valence-electron chi connectivity index (χ0n) is 13.8. The summed E-state index contributed by atoms with van der Waals surface area (Å²) in [5, 5.41) is 1.01. The van der Waals surface area contributed by atoms with Crippen LogP contribution in [0.2, 0.25) is 0 Å². The van der Waals surface area contributed by atoms with Gasteiger partial charge in [0.1, 0.15) is 6.61 Å². The molecule has 1 aliphatic heterocycles. The lowest BCUT2D eigenvalue weighted by Gasteiger charge is -2.17. The predicted molar refractivity (Wildman–Crippen MR) is 95.9 cm³/mol. The lowest BCUT2D eigenvalue weighted by atomic mass is 10.1. The Kier molecular flexibility index (Phi) is 3.72. The van der Waals surface area contributed by atoms with Crippen LogP contribution >= 0.6 is 0 Å². The van der Waals surface area contributed by atoms with E-state index < -0.39 is 0 Å². The summed E-state index contributed by atoms with van der Waals surface area (Å²) in [7, 11) is 0. The van der Waals surface area contributed by atoms with Crippen molar-refractivity contribution in [2.24, 2.45) is 0 Å². The Balaban J connectivity index is 2.00. The summed E-state index contributed by atoms with van der Waals surface area (Å²) in [6, 6.07) is 10.1. The van der Waals surface area contributed by atoms with E-state index in [0.717, 1.165) is 41.1 Å². The first-order valence-electron chi connectivity index (χ1n) is 8.40. The molecule has 2 N–H and O–H groups in total. The van der Waals surface area contributed by atoms with Gasteiger partial charge in [-0.05, 0) is 19.8 Å². The zero-order valence-corrected chi connectivity index (χ0v) is 13.8. The summed E-state index contributed by atoms with van der Waals surface area (Å²) in [5.41, 5.74) is 9.73. The van der Waals surface area contributed by atoms with E-state index in [2.05, 4.69) is 14.9 Å². The van der Waals surface area contributed by atoms with Gasteiger partial charge in [0.25, 0.3) is 0 Å². The van der Waals surface area contributed by atoms with Crippen molar-refractivity contribution in [3.63, 3.8) is 0 Å². The number of rotatable bonds is 4. The smallest absolute Gasteiger partial charge is 0.222 e. The Labute approximate surface area is 140 Å². The van der Waals surface area contributed by atoms with Gasteiger partial charge in [0.2, 0.25) is 5.95 Å². The van der Waals surface area contributed by atoms with Gasteiger partial charge in [0.15, 0.2) is 5.65 Å². The Morgan fingerprint density at radius 1 is 1.12 bits per heavy atom. The molecule has 1 saturated heterocycles. The molecule has 0 amide bonds. The van der Waals surface area contributed by atoms with Crippen LogP contribution in [0.25, 0.3) is 22.3 Å². The summed E-state index contributed by atoms with van der Waals surface area (Å²) in [6.07, 6.45) is 4.43. The van der Waals surface area contributed by atoms with E-state index in [9.17, 15) is 0 Å². The van der Waals surface area contributed by atoms with Crippen LogP contribution in [0.15, 0.2) is 36.5 Å². The molecule has 3 aromatic rings. The molecule has 0 saturated carbocycles. The molecule has 0 atom stereocenters. The maximum Gasteiger partial charge on any atom is 0.222 e. The second-order valence-corrected chi connectivity index (χ2v) is 5.95. The van der Waals surface area contributed by atoms with E-state index in [0.29, 0.717) is 6.61 Å². The van der Waals surface area contributed by atoms with Gasteiger partial charge < -0.3 is 15.5 Å². The molecule has 1 fully saturated rings. The van der Waals surface area contributed by atoms with Gasteiger partial charge in [-0.3, -0.25) is 0 Å². The van der Waals surface area contributed by atoms with E-state index in [1.807, 2.05) is 43.5 Å². The zero-order chi connectivity index (χ0) is 16.5. The van der Waals surface area contributed by atoms with Gasteiger partial charge in [-0.1, -0.05) is 30.3 Å². The Hall–Kier alpha value is -2.76. The second-order valence-electron chi connectivity index (χ2n) is 5.95. The van der Waals surface area contributed by atoms with Gasteiger partial charge in [-0.15, -0.1) is 0 Å². The lowest BCUT2D eigenvalue weighted by molar-refractivity contribution is 0.131. The van der Waals surface area contributed by atoms with Crippen molar-refractivity contribution in [3.8, 4) is 11.3 Å². The van der Waals surface area contributed by atoms with Crippen molar-refractivity contribution in [2.75, 3.05) is 30.3 Å². The van der Waals surface area contributed by atoms with Crippen molar-refractivity contribution in [1.82, 2.24) is 14.7 Å². The predicted octanol–water partition coefficient (Wildman–Crippen LogP) is 2.73. The van der Waals surface area contributed by atoms with E-state index in [4.69, 9.17) is 10.6 Å². The van der Waals surface area contributed by atoms with Crippen LogP contribution in [0.5, 0.6) is 0 Å². The standard InChI is InChI=1S/C18H21N5O/c1-2-24-23-12-14(22-10-6-7-11-22)15-16(13-8-4-3-5-9-13)20-18(19)21-17(15)23/h3-5,8-9,12H,2,6-7,10-11H2,1H3,(H2,19,20,21). The number of hydrogen-bond donors (Lipinski definition) is 1. The molecule has 3 heterocycles. The summed E-state index contributed by atoms with van der Waals surface area (Å²) < 4.78 is 1.73. The first-order valence-corrected chi connectivity index (χ1v) is 8.40. The molecule has 1 aliphatic rings. The molecular formula is C18H21N5O. The number of aromatic nitrogens is 3. The molecule has 0 aliphatic carbocycles. The summed E-state index contributed by atoms with van der Waals surface area (Å²) in [4.78, 5) is 17.1. The fraction of sp³-hybridized carbons (Fsp3) is 0.333. The van der Waals surface area contributed by atoms with Crippen molar-refractivity contribution in [3.05, 3.63) is 36.5 Å². The third kappa shape index (κ3) is 2.44. The SMILES string of the molecule is CCOn1cc(N2CCCC2)c2c(-c3ccccc3)nc(N)nc21. The van der Waals surface area contributed by atoms with Crippen LogP contribution < -0.4 is 15.5 Å². The molecule has 1 aromatic carbocycles. The minimum Gasteiger partial charge on any atom is -0.413 e. The molecule has 0 spiro atoms. The molecule has 0 unspecified atom stereocenters. The molecule has 124 valence electrons. The molecule has 24 heavy (non-hydrogen) atoms. The van der Waals surface area contributed by atoms with Crippen LogP contribution in [0.3, 0.4) is 0 Å². The highest BCUT2D eigenvalue weighted by Gasteiger charge is 2.23. The second kappa shape index (κ2) is 6.03. The fourth-order valence-electron chi connectivity index (χ4n) is 3.34. The molecule has 2 aromatic heterocycles. The third-order valence-electron chi connectivity index (χ3n) is 4.37. The van der Waals surface area contributed by atoms with Crippen molar-refractivity contribution in [1.29, 1.82) is 0 Å². The number of nitrogens with zero attached hydrogens (tertiary/aromatic N) is 4. The largest absolute Gasteiger partial charge is 0.413 e. The average molecular weight is 323 g/mol. The van der Waals surface area contributed by atoms with E-state index in [1.165, 1.54) is 12.8 Å². The van der Waals surface area contributed by atoms with Crippen LogP contribution in [-0.2, 0) is 0 Å². The van der Waals surface area contributed by atoms with E-state index >= 15 is 0 Å². The monoisotopic (exact) mass is 323 g/mol. The highest BCUT2D eigenvalue weighted by molar-refractivity contribution is 6.01. The van der Waals surface area contributed by atoms with Gasteiger partial charge in [0.05, 0.1) is 23.0 Å². The number of fused-ring (bicyclic) bond motifs is 1. The topological polar surface area (TPSA) is 69.2 Å².